The first-order valence-electron chi connectivity index (χ1n) is 11.5. The van der Waals surface area contributed by atoms with Gasteiger partial charge in [-0.05, 0) is 22.3 Å². The summed E-state index contributed by atoms with van der Waals surface area (Å²) in [5.41, 5.74) is 3.76. The Morgan fingerprint density at radius 1 is 0.559 bits per heavy atom. The Kier molecular flexibility index (Phi) is 7.86. The van der Waals surface area contributed by atoms with Crippen LogP contribution in [-0.4, -0.2) is 17.9 Å². The van der Waals surface area contributed by atoms with Crippen LogP contribution >= 0.6 is 0 Å². The second-order valence-electron chi connectivity index (χ2n) is 8.21. The highest BCUT2D eigenvalue weighted by Crippen LogP contribution is 2.25. The monoisotopic (exact) mass is 448 g/mol. The van der Waals surface area contributed by atoms with Crippen LogP contribution in [0.5, 0.6) is 0 Å². The number of carbonyl (C=O) groups excluding carboxylic acids is 2. The topological polar surface area (TPSA) is 58.2 Å². The van der Waals surface area contributed by atoms with Crippen molar-refractivity contribution < 1.29 is 9.59 Å². The van der Waals surface area contributed by atoms with Gasteiger partial charge in [-0.1, -0.05) is 121 Å². The van der Waals surface area contributed by atoms with Crippen molar-refractivity contribution >= 4 is 11.8 Å². The van der Waals surface area contributed by atoms with E-state index in [1.165, 1.54) is 0 Å². The van der Waals surface area contributed by atoms with E-state index in [1.54, 1.807) is 0 Å². The van der Waals surface area contributed by atoms with E-state index in [-0.39, 0.29) is 11.8 Å². The molecule has 0 aliphatic rings. The summed E-state index contributed by atoms with van der Waals surface area (Å²) >= 11 is 0. The van der Waals surface area contributed by atoms with E-state index in [2.05, 4.69) is 10.6 Å². The molecule has 0 radical (unpaired) electrons. The molecule has 0 spiro atoms. The van der Waals surface area contributed by atoms with Crippen molar-refractivity contribution in [2.24, 2.45) is 0 Å². The predicted octanol–water partition coefficient (Wildman–Crippen LogP) is 4.86. The van der Waals surface area contributed by atoms with Gasteiger partial charge in [0.05, 0.1) is 5.92 Å². The van der Waals surface area contributed by atoms with Gasteiger partial charge >= 0.3 is 0 Å². The summed E-state index contributed by atoms with van der Waals surface area (Å²) in [5, 5.41) is 6.04. The number of rotatable bonds is 9. The zero-order valence-electron chi connectivity index (χ0n) is 18.9. The molecule has 0 aliphatic heterocycles. The van der Waals surface area contributed by atoms with Crippen LogP contribution in [0, 0.1) is 0 Å². The molecule has 0 fully saturated rings. The summed E-state index contributed by atoms with van der Waals surface area (Å²) in [6, 6.07) is 38.1. The summed E-state index contributed by atoms with van der Waals surface area (Å²) < 4.78 is 0. The van der Waals surface area contributed by atoms with Crippen LogP contribution < -0.4 is 10.6 Å². The zero-order valence-corrected chi connectivity index (χ0v) is 18.9. The van der Waals surface area contributed by atoms with Crippen molar-refractivity contribution in [1.29, 1.82) is 0 Å². The number of hydrogen-bond donors (Lipinski definition) is 2. The summed E-state index contributed by atoms with van der Waals surface area (Å²) in [4.78, 5) is 26.9. The van der Waals surface area contributed by atoms with Gasteiger partial charge in [-0.25, -0.2) is 0 Å². The van der Waals surface area contributed by atoms with Crippen molar-refractivity contribution in [2.45, 2.75) is 24.9 Å². The van der Waals surface area contributed by atoms with Crippen LogP contribution in [0.1, 0.15) is 28.2 Å². The summed E-state index contributed by atoms with van der Waals surface area (Å²) in [7, 11) is 0. The fraction of sp³-hybridized carbons (Fsp3) is 0.133. The lowest BCUT2D eigenvalue weighted by Gasteiger charge is -2.23. The fourth-order valence-electron chi connectivity index (χ4n) is 4.01. The lowest BCUT2D eigenvalue weighted by atomic mass is 9.90. The van der Waals surface area contributed by atoms with Crippen molar-refractivity contribution in [1.82, 2.24) is 10.6 Å². The molecule has 0 saturated heterocycles. The summed E-state index contributed by atoms with van der Waals surface area (Å²) in [6.45, 7) is 0.404. The second kappa shape index (κ2) is 11.6. The van der Waals surface area contributed by atoms with Gasteiger partial charge in [0.1, 0.15) is 6.04 Å². The molecule has 2 N–H and O–H groups in total. The van der Waals surface area contributed by atoms with Gasteiger partial charge in [0, 0.05) is 13.0 Å². The molecular formula is C30H28N2O2. The third-order valence-electron chi connectivity index (χ3n) is 5.75. The first kappa shape index (κ1) is 23.0. The number of hydrogen-bond acceptors (Lipinski definition) is 2. The molecule has 4 heteroatoms. The van der Waals surface area contributed by atoms with Crippen LogP contribution in [0.25, 0.3) is 0 Å². The zero-order chi connectivity index (χ0) is 23.6. The number of carbonyl (C=O) groups is 2. The Balaban J connectivity index is 1.57. The summed E-state index contributed by atoms with van der Waals surface area (Å²) in [5.74, 6) is -0.920. The fourth-order valence-corrected chi connectivity index (χ4v) is 4.01. The third-order valence-corrected chi connectivity index (χ3v) is 5.75. The molecule has 0 heterocycles. The molecule has 4 rings (SSSR count). The van der Waals surface area contributed by atoms with Gasteiger partial charge in [0.2, 0.25) is 11.8 Å². The normalized spacial score (nSPS) is 11.6. The Morgan fingerprint density at radius 2 is 1.00 bits per heavy atom. The van der Waals surface area contributed by atoms with E-state index in [0.29, 0.717) is 13.0 Å². The van der Waals surface area contributed by atoms with E-state index in [0.717, 1.165) is 22.3 Å². The number of benzene rings is 4. The first-order valence-corrected chi connectivity index (χ1v) is 11.5. The highest BCUT2D eigenvalue weighted by molar-refractivity contribution is 5.92. The van der Waals surface area contributed by atoms with Crippen LogP contribution in [0.4, 0.5) is 0 Å². The molecule has 2 amide bonds. The lowest BCUT2D eigenvalue weighted by molar-refractivity contribution is -0.129. The molecular weight excluding hydrogens is 420 g/mol. The minimum atomic E-state index is -0.700. The minimum absolute atomic E-state index is 0.201. The van der Waals surface area contributed by atoms with Gasteiger partial charge in [-0.2, -0.15) is 0 Å². The molecule has 4 nitrogen and oxygen atoms in total. The van der Waals surface area contributed by atoms with E-state index >= 15 is 0 Å². The minimum Gasteiger partial charge on any atom is -0.350 e. The molecule has 1 unspecified atom stereocenters. The van der Waals surface area contributed by atoms with E-state index in [4.69, 9.17) is 0 Å². The Hall–Kier alpha value is -4.18. The van der Waals surface area contributed by atoms with Crippen molar-refractivity contribution in [3.05, 3.63) is 144 Å². The Morgan fingerprint density at radius 3 is 1.50 bits per heavy atom. The first-order chi connectivity index (χ1) is 16.7. The van der Waals surface area contributed by atoms with Crippen LogP contribution in [-0.2, 0) is 22.6 Å². The van der Waals surface area contributed by atoms with Gasteiger partial charge < -0.3 is 10.6 Å². The number of amides is 2. The maximum absolute atomic E-state index is 13.6. The molecule has 0 saturated carbocycles. The molecule has 0 aromatic heterocycles. The Bertz CT molecular complexity index is 1140. The molecule has 0 aliphatic carbocycles. The van der Waals surface area contributed by atoms with E-state index in [9.17, 15) is 9.59 Å². The second-order valence-corrected chi connectivity index (χ2v) is 8.21. The highest BCUT2D eigenvalue weighted by atomic mass is 16.2. The maximum Gasteiger partial charge on any atom is 0.243 e. The van der Waals surface area contributed by atoms with Crippen LogP contribution in [0.2, 0.25) is 0 Å². The van der Waals surface area contributed by atoms with Gasteiger partial charge in [0.25, 0.3) is 0 Å². The smallest absolute Gasteiger partial charge is 0.243 e. The highest BCUT2D eigenvalue weighted by Gasteiger charge is 2.28. The molecule has 4 aromatic carbocycles. The lowest BCUT2D eigenvalue weighted by Crippen LogP contribution is -2.49. The van der Waals surface area contributed by atoms with Crippen molar-refractivity contribution in [2.75, 3.05) is 0 Å². The van der Waals surface area contributed by atoms with Crippen molar-refractivity contribution in [3.8, 4) is 0 Å². The van der Waals surface area contributed by atoms with Crippen LogP contribution in [0.3, 0.4) is 0 Å². The molecule has 34 heavy (non-hydrogen) atoms. The Labute approximate surface area is 200 Å². The largest absolute Gasteiger partial charge is 0.350 e. The van der Waals surface area contributed by atoms with Crippen molar-refractivity contribution in [3.63, 3.8) is 0 Å². The number of nitrogens with one attached hydrogen (secondary N) is 2. The molecule has 0 bridgehead atoms. The standard InChI is InChI=1S/C30H28N2O2/c33-29(31-22-24-15-7-2-8-16-24)27(21-23-13-5-1-6-14-23)32-30(34)28(25-17-9-3-10-18-25)26-19-11-4-12-20-26/h1-20,27-28H,21-22H2,(H,31,33)(H,32,34). The van der Waals surface area contributed by atoms with Gasteiger partial charge in [-0.3, -0.25) is 9.59 Å². The molecule has 170 valence electrons. The average molecular weight is 449 g/mol. The maximum atomic E-state index is 13.6. The van der Waals surface area contributed by atoms with E-state index in [1.807, 2.05) is 121 Å². The SMILES string of the molecule is O=C(NCc1ccccc1)C(Cc1ccccc1)NC(=O)C(c1ccccc1)c1ccccc1. The molecule has 1 atom stereocenters. The van der Waals surface area contributed by atoms with Crippen LogP contribution in [0.15, 0.2) is 121 Å². The average Bonchev–Trinajstić information content (AvgIpc) is 2.89. The summed E-state index contributed by atoms with van der Waals surface area (Å²) in [6.07, 6.45) is 0.406. The molecule has 4 aromatic rings. The predicted molar refractivity (Wildman–Crippen MR) is 135 cm³/mol. The van der Waals surface area contributed by atoms with E-state index < -0.39 is 12.0 Å². The third kappa shape index (κ3) is 6.20. The van der Waals surface area contributed by atoms with Gasteiger partial charge in [0.15, 0.2) is 0 Å². The van der Waals surface area contributed by atoms with Gasteiger partial charge in [-0.15, -0.1) is 0 Å². The quantitative estimate of drug-likeness (QED) is 0.384.